The van der Waals surface area contributed by atoms with Gasteiger partial charge in [-0.2, -0.15) is 0 Å². The number of carbonyl (C=O) groups is 3. The highest BCUT2D eigenvalue weighted by molar-refractivity contribution is 6.34. The highest BCUT2D eigenvalue weighted by Gasteiger charge is 2.52. The van der Waals surface area contributed by atoms with E-state index in [1.54, 1.807) is 12.1 Å². The molecule has 34 heavy (non-hydrogen) atoms. The second-order valence-electron chi connectivity index (χ2n) is 9.18. The summed E-state index contributed by atoms with van der Waals surface area (Å²) in [7, 11) is 4.47. The lowest BCUT2D eigenvalue weighted by atomic mass is 9.73. The van der Waals surface area contributed by atoms with Crippen LogP contribution in [0.15, 0.2) is 29.1 Å². The first-order chi connectivity index (χ1) is 16.1. The number of aromatic nitrogens is 2. The molecule has 2 bridgehead atoms. The largest absolute Gasteiger partial charge is 0.501 e. The number of carbonyl (C=O) groups excluding carboxylic acids is 3. The third-order valence-electron chi connectivity index (χ3n) is 7.01. The van der Waals surface area contributed by atoms with Crippen molar-refractivity contribution in [3.05, 3.63) is 57.5 Å². The smallest absolute Gasteiger partial charge is 0.312 e. The van der Waals surface area contributed by atoms with Crippen molar-refractivity contribution >= 4 is 17.6 Å². The summed E-state index contributed by atoms with van der Waals surface area (Å²) >= 11 is 0. The summed E-state index contributed by atoms with van der Waals surface area (Å²) in [6.45, 7) is 0. The van der Waals surface area contributed by atoms with Gasteiger partial charge >= 0.3 is 11.8 Å². The summed E-state index contributed by atoms with van der Waals surface area (Å²) < 4.78 is 14.5. The summed E-state index contributed by atoms with van der Waals surface area (Å²) in [4.78, 5) is 58.3. The van der Waals surface area contributed by atoms with E-state index in [2.05, 4.69) is 4.98 Å². The molecule has 0 radical (unpaired) electrons. The van der Waals surface area contributed by atoms with Gasteiger partial charge in [0, 0.05) is 33.6 Å². The van der Waals surface area contributed by atoms with Crippen LogP contribution in [-0.2, 0) is 21.5 Å². The number of fused-ring (bicyclic) bond motifs is 2. The van der Waals surface area contributed by atoms with Gasteiger partial charge in [-0.25, -0.2) is 9.37 Å². The molecule has 0 atom stereocenters. The quantitative estimate of drug-likeness (QED) is 0.527. The zero-order valence-electron chi connectivity index (χ0n) is 19.4. The molecule has 1 fully saturated rings. The molecule has 1 N–H and O–H groups in total. The van der Waals surface area contributed by atoms with Gasteiger partial charge in [-0.15, -0.1) is 0 Å². The number of hydrogen-bond donors (Lipinski definition) is 1. The Morgan fingerprint density at radius 2 is 1.74 bits per heavy atom. The number of amides is 2. The molecule has 0 spiro atoms. The molecule has 3 heterocycles. The van der Waals surface area contributed by atoms with Gasteiger partial charge < -0.3 is 14.9 Å². The molecular formula is C24H27FN4O5. The predicted molar refractivity (Wildman–Crippen MR) is 120 cm³/mol. The SMILES string of the molecule is CN(C)C(=O)C(=O)N(C)C12CCC(CC1)n1c2nc(C(=O)CCc2ccc(F)cc2)c(O)c1=O. The number of aryl methyl sites for hydroxylation is 1. The average Bonchev–Trinajstić information content (AvgIpc) is 2.84. The van der Waals surface area contributed by atoms with Crippen molar-refractivity contribution in [3.63, 3.8) is 0 Å². The fourth-order valence-corrected chi connectivity index (χ4v) is 4.99. The maximum absolute atomic E-state index is 13.1. The van der Waals surface area contributed by atoms with Crippen molar-refractivity contribution in [1.82, 2.24) is 19.4 Å². The van der Waals surface area contributed by atoms with Crippen molar-refractivity contribution in [3.8, 4) is 5.75 Å². The number of Topliss-reactive ketones (excluding diaryl/α,β-unsaturated/α-hetero) is 1. The summed E-state index contributed by atoms with van der Waals surface area (Å²) in [5.41, 5.74) is -1.36. The van der Waals surface area contributed by atoms with E-state index in [-0.39, 0.29) is 36.2 Å². The van der Waals surface area contributed by atoms with Crippen LogP contribution in [0.3, 0.4) is 0 Å². The molecule has 5 rings (SSSR count). The van der Waals surface area contributed by atoms with Crippen LogP contribution in [0.4, 0.5) is 4.39 Å². The molecule has 3 aliphatic rings. The standard InChI is InChI=1S/C24H27FN4O5/c1-27(2)21(33)22(34)28(3)24-12-10-16(11-13-24)29-20(32)19(31)18(26-23(24)29)17(30)9-6-14-4-7-15(25)8-5-14/h4-5,7-8,16,31H,6,9-13H2,1-3H3. The molecule has 1 aromatic carbocycles. The van der Waals surface area contributed by atoms with E-state index >= 15 is 0 Å². The first-order valence-corrected chi connectivity index (χ1v) is 11.2. The fourth-order valence-electron chi connectivity index (χ4n) is 4.99. The summed E-state index contributed by atoms with van der Waals surface area (Å²) in [6, 6.07) is 5.52. The van der Waals surface area contributed by atoms with Crippen LogP contribution in [0.25, 0.3) is 0 Å². The molecule has 2 amide bonds. The Kier molecular flexibility index (Phi) is 6.01. The van der Waals surface area contributed by atoms with Crippen molar-refractivity contribution in [2.45, 2.75) is 50.1 Å². The van der Waals surface area contributed by atoms with Gasteiger partial charge in [0.1, 0.15) is 17.2 Å². The second-order valence-corrected chi connectivity index (χ2v) is 9.18. The number of aromatic hydroxyl groups is 1. The van der Waals surface area contributed by atoms with Crippen molar-refractivity contribution in [2.24, 2.45) is 0 Å². The maximum atomic E-state index is 13.1. The molecule has 1 saturated carbocycles. The molecule has 1 aromatic heterocycles. The van der Waals surface area contributed by atoms with Gasteiger partial charge in [0.15, 0.2) is 11.5 Å². The van der Waals surface area contributed by atoms with Gasteiger partial charge in [0.05, 0.1) is 0 Å². The number of nitrogens with zero attached hydrogens (tertiary/aromatic N) is 4. The highest BCUT2D eigenvalue weighted by atomic mass is 19.1. The lowest BCUT2D eigenvalue weighted by Crippen LogP contribution is -2.59. The average molecular weight is 471 g/mol. The predicted octanol–water partition coefficient (Wildman–Crippen LogP) is 1.77. The molecule has 1 aliphatic carbocycles. The minimum absolute atomic E-state index is 0.0423. The molecule has 2 aliphatic heterocycles. The lowest BCUT2D eigenvalue weighted by molar-refractivity contribution is -0.155. The van der Waals surface area contributed by atoms with Crippen molar-refractivity contribution in [1.29, 1.82) is 0 Å². The summed E-state index contributed by atoms with van der Waals surface area (Å²) in [5, 5.41) is 10.6. The van der Waals surface area contributed by atoms with E-state index in [0.29, 0.717) is 25.7 Å². The number of likely N-dealkylation sites (N-methyl/N-ethyl adjacent to an activating group) is 2. The van der Waals surface area contributed by atoms with Crippen LogP contribution < -0.4 is 5.56 Å². The maximum Gasteiger partial charge on any atom is 0.312 e. The molecule has 9 nitrogen and oxygen atoms in total. The molecule has 2 aromatic rings. The monoisotopic (exact) mass is 470 g/mol. The Labute approximate surface area is 195 Å². The third kappa shape index (κ3) is 3.76. The van der Waals surface area contributed by atoms with E-state index in [0.717, 1.165) is 5.56 Å². The summed E-state index contributed by atoms with van der Waals surface area (Å²) in [5.74, 6) is -2.84. The Hall–Kier alpha value is -3.56. The number of rotatable bonds is 5. The first-order valence-electron chi connectivity index (χ1n) is 11.2. The molecule has 180 valence electrons. The van der Waals surface area contributed by atoms with Crippen LogP contribution in [0.1, 0.15) is 60.0 Å². The topological polar surface area (TPSA) is 113 Å². The molecular weight excluding hydrogens is 443 g/mol. The van der Waals surface area contributed by atoms with E-state index < -0.39 is 34.4 Å². The fraction of sp³-hybridized carbons (Fsp3) is 0.458. The van der Waals surface area contributed by atoms with E-state index in [1.807, 2.05) is 0 Å². The lowest BCUT2D eigenvalue weighted by Gasteiger charge is -2.51. The van der Waals surface area contributed by atoms with Crippen molar-refractivity contribution < 1.29 is 23.9 Å². The number of hydrogen-bond acceptors (Lipinski definition) is 6. The second kappa shape index (κ2) is 8.66. The minimum Gasteiger partial charge on any atom is -0.501 e. The van der Waals surface area contributed by atoms with E-state index in [4.69, 9.17) is 0 Å². The zero-order valence-corrected chi connectivity index (χ0v) is 19.4. The Morgan fingerprint density at radius 3 is 2.32 bits per heavy atom. The number of benzene rings is 1. The molecule has 0 unspecified atom stereocenters. The van der Waals surface area contributed by atoms with Gasteiger partial charge in [0.25, 0.3) is 5.56 Å². The van der Waals surface area contributed by atoms with E-state index in [9.17, 15) is 28.7 Å². The van der Waals surface area contributed by atoms with Crippen LogP contribution in [-0.4, -0.2) is 63.2 Å². The van der Waals surface area contributed by atoms with Crippen molar-refractivity contribution in [2.75, 3.05) is 21.1 Å². The Bertz CT molecular complexity index is 1210. The van der Waals surface area contributed by atoms with Crippen LogP contribution in [0.5, 0.6) is 5.75 Å². The first kappa shape index (κ1) is 23.6. The third-order valence-corrected chi connectivity index (χ3v) is 7.01. The molecule has 0 saturated heterocycles. The minimum atomic E-state index is -1.03. The van der Waals surface area contributed by atoms with Gasteiger partial charge in [-0.1, -0.05) is 12.1 Å². The van der Waals surface area contributed by atoms with E-state index in [1.165, 1.54) is 47.6 Å². The number of ketones is 1. The Morgan fingerprint density at radius 1 is 1.12 bits per heavy atom. The Balaban J connectivity index is 1.72. The zero-order chi connectivity index (χ0) is 24.8. The van der Waals surface area contributed by atoms with Crippen LogP contribution >= 0.6 is 0 Å². The van der Waals surface area contributed by atoms with Gasteiger partial charge in [-0.3, -0.25) is 23.7 Å². The van der Waals surface area contributed by atoms with Gasteiger partial charge in [-0.05, 0) is 49.8 Å². The summed E-state index contributed by atoms with van der Waals surface area (Å²) in [6.07, 6.45) is 2.38. The van der Waals surface area contributed by atoms with Crippen LogP contribution in [0, 0.1) is 5.82 Å². The normalized spacial score (nSPS) is 20.5. The number of halogens is 1. The van der Waals surface area contributed by atoms with Crippen LogP contribution in [0.2, 0.25) is 0 Å². The van der Waals surface area contributed by atoms with Gasteiger partial charge in [0.2, 0.25) is 5.75 Å². The molecule has 10 heteroatoms. The highest BCUT2D eigenvalue weighted by Crippen LogP contribution is 2.50.